The molecule has 1 aromatic rings. The number of hydrogen-bond acceptors (Lipinski definition) is 5. The van der Waals surface area contributed by atoms with E-state index in [-0.39, 0.29) is 24.0 Å². The first-order valence-electron chi connectivity index (χ1n) is 11.1. The summed E-state index contributed by atoms with van der Waals surface area (Å²) in [7, 11) is 0. The molecule has 0 radical (unpaired) electrons. The van der Waals surface area contributed by atoms with Gasteiger partial charge in [0.25, 0.3) is 0 Å². The van der Waals surface area contributed by atoms with Crippen molar-refractivity contribution in [1.82, 2.24) is 20.3 Å². The minimum Gasteiger partial charge on any atom is -0.377 e. The van der Waals surface area contributed by atoms with Crippen molar-refractivity contribution in [3.8, 4) is 0 Å². The van der Waals surface area contributed by atoms with Crippen LogP contribution in [-0.4, -0.2) is 72.4 Å². The summed E-state index contributed by atoms with van der Waals surface area (Å²) in [6.07, 6.45) is 8.69. The number of hydrogen-bond donors (Lipinski definition) is 1. The van der Waals surface area contributed by atoms with Crippen LogP contribution in [0.25, 0.3) is 0 Å². The summed E-state index contributed by atoms with van der Waals surface area (Å²) in [5.41, 5.74) is 1.38. The lowest BCUT2D eigenvalue weighted by molar-refractivity contribution is -0.125. The number of halogens is 1. The molecule has 1 N–H and O–H groups in total. The highest BCUT2D eigenvalue weighted by Crippen LogP contribution is 2.60. The van der Waals surface area contributed by atoms with Crippen LogP contribution >= 0.6 is 24.0 Å². The highest BCUT2D eigenvalue weighted by atomic mass is 127. The van der Waals surface area contributed by atoms with Gasteiger partial charge in [-0.25, -0.2) is 0 Å². The van der Waals surface area contributed by atoms with E-state index >= 15 is 0 Å². The third-order valence-electron chi connectivity index (χ3n) is 7.43. The summed E-state index contributed by atoms with van der Waals surface area (Å²) >= 11 is 0. The predicted octanol–water partition coefficient (Wildman–Crippen LogP) is 2.72. The summed E-state index contributed by atoms with van der Waals surface area (Å²) in [5, 5.41) is 7.98. The fourth-order valence-electron chi connectivity index (χ4n) is 6.10. The molecule has 2 saturated carbocycles. The van der Waals surface area contributed by atoms with Gasteiger partial charge in [-0.05, 0) is 26.2 Å². The van der Waals surface area contributed by atoms with Crippen LogP contribution in [0.15, 0.2) is 21.8 Å². The molecule has 1 spiro atoms. The first-order valence-corrected chi connectivity index (χ1v) is 11.1. The van der Waals surface area contributed by atoms with Gasteiger partial charge < -0.3 is 19.5 Å². The smallest absolute Gasteiger partial charge is 0.194 e. The molecule has 3 unspecified atom stereocenters. The van der Waals surface area contributed by atoms with Gasteiger partial charge in [-0.15, -0.1) is 24.0 Å². The number of nitrogens with one attached hydrogen (secondary N) is 1. The topological polar surface area (TPSA) is 66.1 Å². The normalized spacial score (nSPS) is 31.4. The molecular formula is C21H34IN5O2. The van der Waals surface area contributed by atoms with E-state index in [0.717, 1.165) is 57.5 Å². The number of aromatic nitrogens is 1. The van der Waals surface area contributed by atoms with Gasteiger partial charge in [0, 0.05) is 69.3 Å². The molecule has 4 fully saturated rings. The number of nitrogens with zero attached hydrogens (tertiary/aromatic N) is 4. The van der Waals surface area contributed by atoms with Gasteiger partial charge in [0.05, 0.1) is 11.8 Å². The average molecular weight is 515 g/mol. The van der Waals surface area contributed by atoms with Gasteiger partial charge in [0.2, 0.25) is 0 Å². The van der Waals surface area contributed by atoms with Gasteiger partial charge in [-0.1, -0.05) is 18.0 Å². The van der Waals surface area contributed by atoms with Crippen LogP contribution in [0, 0.1) is 11.3 Å². The molecule has 0 aromatic carbocycles. The highest BCUT2D eigenvalue weighted by molar-refractivity contribution is 14.0. The van der Waals surface area contributed by atoms with Crippen LogP contribution in [-0.2, 0) is 11.3 Å². The second kappa shape index (κ2) is 9.09. The Morgan fingerprint density at radius 1 is 1.28 bits per heavy atom. The van der Waals surface area contributed by atoms with Gasteiger partial charge >= 0.3 is 0 Å². The van der Waals surface area contributed by atoms with E-state index in [0.29, 0.717) is 23.5 Å². The molecule has 4 aliphatic rings. The fraction of sp³-hybridized carbons (Fsp3) is 0.810. The SMILES string of the molecule is CCN=C(NC1C2CCOC2C12CCCC2)N1CCN(Cc2ccon2)CC1.I. The lowest BCUT2D eigenvalue weighted by atomic mass is 9.54. The molecule has 7 nitrogen and oxygen atoms in total. The molecule has 0 bridgehead atoms. The van der Waals surface area contributed by atoms with Crippen molar-refractivity contribution in [1.29, 1.82) is 0 Å². The number of aliphatic imine (C=N–C) groups is 1. The van der Waals surface area contributed by atoms with Gasteiger partial charge in [0.1, 0.15) is 6.26 Å². The predicted molar refractivity (Wildman–Crippen MR) is 122 cm³/mol. The molecule has 3 atom stereocenters. The Hall–Kier alpha value is -0.870. The Kier molecular flexibility index (Phi) is 6.70. The molecule has 162 valence electrons. The monoisotopic (exact) mass is 515 g/mol. The number of fused-ring (bicyclic) bond motifs is 2. The molecule has 2 aliphatic heterocycles. The third kappa shape index (κ3) is 3.92. The standard InChI is InChI=1S/C21H33N5O2.HI/c1-2-22-20(26-11-9-25(10-12-26)15-16-5-14-28-24-16)23-18-17-6-13-27-19(17)21(18)7-3-4-8-21;/h5,14,17-19H,2-4,6-13,15H2,1H3,(H,22,23);1H. The van der Waals surface area contributed by atoms with Crippen molar-refractivity contribution in [2.75, 3.05) is 39.3 Å². The second-order valence-electron chi connectivity index (χ2n) is 8.86. The van der Waals surface area contributed by atoms with Crippen LogP contribution in [0.3, 0.4) is 0 Å². The first kappa shape index (κ1) is 21.4. The van der Waals surface area contributed by atoms with E-state index in [4.69, 9.17) is 14.3 Å². The quantitative estimate of drug-likeness (QED) is 0.378. The Labute approximate surface area is 190 Å². The summed E-state index contributed by atoms with van der Waals surface area (Å²) < 4.78 is 11.1. The van der Waals surface area contributed by atoms with Crippen LogP contribution < -0.4 is 5.32 Å². The van der Waals surface area contributed by atoms with E-state index in [1.165, 1.54) is 32.1 Å². The number of piperazine rings is 1. The van der Waals surface area contributed by atoms with E-state index in [1.54, 1.807) is 6.26 Å². The Balaban J connectivity index is 0.00000205. The van der Waals surface area contributed by atoms with Gasteiger partial charge in [-0.2, -0.15) is 0 Å². The van der Waals surface area contributed by atoms with Crippen LogP contribution in [0.1, 0.15) is 44.7 Å². The largest absolute Gasteiger partial charge is 0.377 e. The molecule has 0 amide bonds. The zero-order chi connectivity index (χ0) is 19.0. The van der Waals surface area contributed by atoms with Crippen molar-refractivity contribution in [3.63, 3.8) is 0 Å². The summed E-state index contributed by atoms with van der Waals surface area (Å²) in [5.74, 6) is 1.79. The zero-order valence-electron chi connectivity index (χ0n) is 17.4. The average Bonchev–Trinajstić information content (AvgIpc) is 3.46. The fourth-order valence-corrected chi connectivity index (χ4v) is 6.10. The Morgan fingerprint density at radius 2 is 2.07 bits per heavy atom. The molecule has 5 rings (SSSR count). The number of rotatable bonds is 4. The van der Waals surface area contributed by atoms with Crippen molar-refractivity contribution >= 4 is 29.9 Å². The minimum absolute atomic E-state index is 0. The second-order valence-corrected chi connectivity index (χ2v) is 8.86. The van der Waals surface area contributed by atoms with E-state index in [1.807, 2.05) is 6.07 Å². The number of guanidine groups is 1. The summed E-state index contributed by atoms with van der Waals surface area (Å²) in [4.78, 5) is 9.78. The molecule has 29 heavy (non-hydrogen) atoms. The van der Waals surface area contributed by atoms with Crippen LogP contribution in [0.5, 0.6) is 0 Å². The third-order valence-corrected chi connectivity index (χ3v) is 7.43. The molecule has 8 heteroatoms. The van der Waals surface area contributed by atoms with Crippen molar-refractivity contribution in [2.45, 2.75) is 57.7 Å². The molecule has 2 saturated heterocycles. The summed E-state index contributed by atoms with van der Waals surface area (Å²) in [6.45, 7) is 8.84. The minimum atomic E-state index is 0. The highest BCUT2D eigenvalue weighted by Gasteiger charge is 2.65. The summed E-state index contributed by atoms with van der Waals surface area (Å²) in [6, 6.07) is 2.50. The maximum Gasteiger partial charge on any atom is 0.194 e. The lowest BCUT2D eigenvalue weighted by Gasteiger charge is -2.57. The number of ether oxygens (including phenoxy) is 1. The van der Waals surface area contributed by atoms with Crippen molar-refractivity contribution in [3.05, 3.63) is 18.0 Å². The lowest BCUT2D eigenvalue weighted by Crippen LogP contribution is -2.70. The van der Waals surface area contributed by atoms with Crippen LogP contribution in [0.4, 0.5) is 0 Å². The van der Waals surface area contributed by atoms with E-state index in [2.05, 4.69) is 27.2 Å². The Bertz CT molecular complexity index is 683. The maximum absolute atomic E-state index is 6.16. The van der Waals surface area contributed by atoms with Gasteiger partial charge in [0.15, 0.2) is 5.96 Å². The maximum atomic E-state index is 6.16. The first-order chi connectivity index (χ1) is 13.8. The Morgan fingerprint density at radius 3 is 2.76 bits per heavy atom. The van der Waals surface area contributed by atoms with Crippen LogP contribution in [0.2, 0.25) is 0 Å². The molecular weight excluding hydrogens is 481 g/mol. The molecule has 3 heterocycles. The van der Waals surface area contributed by atoms with Crippen molar-refractivity contribution in [2.24, 2.45) is 16.3 Å². The van der Waals surface area contributed by atoms with Gasteiger partial charge in [-0.3, -0.25) is 9.89 Å². The zero-order valence-corrected chi connectivity index (χ0v) is 19.7. The molecule has 1 aromatic heterocycles. The van der Waals surface area contributed by atoms with E-state index in [9.17, 15) is 0 Å². The molecule has 2 aliphatic carbocycles. The van der Waals surface area contributed by atoms with E-state index < -0.39 is 0 Å². The van der Waals surface area contributed by atoms with Crippen molar-refractivity contribution < 1.29 is 9.26 Å².